The van der Waals surface area contributed by atoms with Crippen LogP contribution in [-0.2, 0) is 16.2 Å². The second-order valence-corrected chi connectivity index (χ2v) is 7.24. The lowest BCUT2D eigenvalue weighted by Crippen LogP contribution is -2.30. The second-order valence-electron chi connectivity index (χ2n) is 5.47. The molecule has 2 aromatic carbocycles. The zero-order valence-electron chi connectivity index (χ0n) is 14.5. The molecule has 11 heteroatoms. The minimum atomic E-state index is -4.73. The fraction of sp³-hybridized carbons (Fsp3) is 0.176. The topological polar surface area (TPSA) is 111 Å². The minimum Gasteiger partial charge on any atom is -0.298 e. The first kappa shape index (κ1) is 21.2. The van der Waals surface area contributed by atoms with Gasteiger partial charge < -0.3 is 0 Å². The maximum Gasteiger partial charge on any atom is 0.418 e. The number of alkyl halides is 3. The molecular weight excluding hydrogens is 397 g/mol. The molecule has 0 aliphatic carbocycles. The predicted molar refractivity (Wildman–Crippen MR) is 94.6 cm³/mol. The Morgan fingerprint density at radius 3 is 2.32 bits per heavy atom. The van der Waals surface area contributed by atoms with E-state index >= 15 is 0 Å². The van der Waals surface area contributed by atoms with E-state index in [0.717, 1.165) is 6.07 Å². The van der Waals surface area contributed by atoms with Gasteiger partial charge in [-0.3, -0.25) is 15.6 Å². The van der Waals surface area contributed by atoms with E-state index in [-0.39, 0.29) is 22.6 Å². The molecule has 0 fully saturated rings. The van der Waals surface area contributed by atoms with Crippen LogP contribution in [0.3, 0.4) is 0 Å². The van der Waals surface area contributed by atoms with Gasteiger partial charge in [0.25, 0.3) is 5.91 Å². The molecule has 2 rings (SSSR count). The molecule has 0 aliphatic heterocycles. The van der Waals surface area contributed by atoms with Crippen LogP contribution in [-0.4, -0.2) is 20.9 Å². The first-order valence-electron chi connectivity index (χ1n) is 7.86. The number of hydrazine groups is 1. The third-order valence-corrected chi connectivity index (χ3v) is 5.09. The third kappa shape index (κ3) is 4.99. The standard InChI is InChI=1S/C17H15F3N4O3S/c1-2-22-28(26,27)13-6-4-12(5-7-13)16(25)24-23-15-8-3-11(10-21)9-14(15)17(18,19)20/h3-9,22-23H,2H2,1H3,(H,24,25). The molecule has 0 heterocycles. The number of nitrogens with zero attached hydrogens (tertiary/aromatic N) is 1. The molecule has 0 saturated carbocycles. The summed E-state index contributed by atoms with van der Waals surface area (Å²) in [5.41, 5.74) is 2.59. The quantitative estimate of drug-likeness (QED) is 0.632. The summed E-state index contributed by atoms with van der Waals surface area (Å²) in [6, 6.07) is 9.33. The molecule has 28 heavy (non-hydrogen) atoms. The van der Waals surface area contributed by atoms with Gasteiger partial charge in [0, 0.05) is 12.1 Å². The summed E-state index contributed by atoms with van der Waals surface area (Å²) in [5, 5.41) is 8.74. The molecule has 0 spiro atoms. The lowest BCUT2D eigenvalue weighted by Gasteiger charge is -2.15. The largest absolute Gasteiger partial charge is 0.418 e. The fourth-order valence-electron chi connectivity index (χ4n) is 2.21. The first-order chi connectivity index (χ1) is 13.1. The number of amides is 1. The molecule has 0 atom stereocenters. The number of nitrogens with one attached hydrogen (secondary N) is 3. The number of halogens is 3. The van der Waals surface area contributed by atoms with Crippen molar-refractivity contribution >= 4 is 21.6 Å². The van der Waals surface area contributed by atoms with Crippen LogP contribution < -0.4 is 15.6 Å². The van der Waals surface area contributed by atoms with Gasteiger partial charge in [-0.25, -0.2) is 13.1 Å². The summed E-state index contributed by atoms with van der Waals surface area (Å²) in [6.45, 7) is 1.81. The molecular formula is C17H15F3N4O3S. The molecule has 0 bridgehead atoms. The SMILES string of the molecule is CCNS(=O)(=O)c1ccc(C(=O)NNc2ccc(C#N)cc2C(F)(F)F)cc1. The number of benzene rings is 2. The Hall–Kier alpha value is -3.10. The summed E-state index contributed by atoms with van der Waals surface area (Å²) >= 11 is 0. The van der Waals surface area contributed by atoms with Crippen LogP contribution in [0.5, 0.6) is 0 Å². The van der Waals surface area contributed by atoms with Crippen LogP contribution in [0.25, 0.3) is 0 Å². The maximum atomic E-state index is 13.1. The van der Waals surface area contributed by atoms with Gasteiger partial charge in [0.15, 0.2) is 0 Å². The number of carbonyl (C=O) groups is 1. The fourth-order valence-corrected chi connectivity index (χ4v) is 3.25. The average molecular weight is 412 g/mol. The molecule has 148 valence electrons. The number of hydrogen-bond donors (Lipinski definition) is 3. The number of sulfonamides is 1. The Balaban J connectivity index is 2.16. The molecule has 0 aromatic heterocycles. The lowest BCUT2D eigenvalue weighted by atomic mass is 10.1. The Morgan fingerprint density at radius 2 is 1.79 bits per heavy atom. The highest BCUT2D eigenvalue weighted by Gasteiger charge is 2.34. The van der Waals surface area contributed by atoms with Gasteiger partial charge in [0.2, 0.25) is 10.0 Å². The minimum absolute atomic E-state index is 0.0325. The van der Waals surface area contributed by atoms with E-state index in [1.165, 1.54) is 30.3 Å². The van der Waals surface area contributed by atoms with Gasteiger partial charge in [-0.1, -0.05) is 6.92 Å². The van der Waals surface area contributed by atoms with E-state index in [1.54, 1.807) is 13.0 Å². The van der Waals surface area contributed by atoms with E-state index in [0.29, 0.717) is 6.07 Å². The maximum absolute atomic E-state index is 13.1. The van der Waals surface area contributed by atoms with Crippen LogP contribution in [0.4, 0.5) is 18.9 Å². The Bertz CT molecular complexity index is 1010. The number of nitriles is 1. The molecule has 3 N–H and O–H groups in total. The highest BCUT2D eigenvalue weighted by molar-refractivity contribution is 7.89. The van der Waals surface area contributed by atoms with Crippen molar-refractivity contribution in [2.75, 3.05) is 12.0 Å². The van der Waals surface area contributed by atoms with Crippen LogP contribution in [0, 0.1) is 11.3 Å². The Morgan fingerprint density at radius 1 is 1.14 bits per heavy atom. The van der Waals surface area contributed by atoms with Crippen molar-refractivity contribution in [1.82, 2.24) is 10.1 Å². The van der Waals surface area contributed by atoms with Crippen molar-refractivity contribution in [2.45, 2.75) is 18.0 Å². The van der Waals surface area contributed by atoms with Crippen LogP contribution >= 0.6 is 0 Å². The summed E-state index contributed by atoms with van der Waals surface area (Å²) in [4.78, 5) is 12.1. The number of hydrogen-bond acceptors (Lipinski definition) is 5. The number of rotatable bonds is 6. The molecule has 0 radical (unpaired) electrons. The van der Waals surface area contributed by atoms with E-state index in [9.17, 15) is 26.4 Å². The van der Waals surface area contributed by atoms with Gasteiger partial charge in [-0.05, 0) is 42.5 Å². The van der Waals surface area contributed by atoms with Crippen molar-refractivity contribution in [3.8, 4) is 6.07 Å². The van der Waals surface area contributed by atoms with Crippen molar-refractivity contribution < 1.29 is 26.4 Å². The van der Waals surface area contributed by atoms with Gasteiger partial charge in [0.05, 0.1) is 27.8 Å². The highest BCUT2D eigenvalue weighted by atomic mass is 32.2. The number of anilines is 1. The summed E-state index contributed by atoms with van der Waals surface area (Å²) in [5.74, 6) is -0.773. The third-order valence-electron chi connectivity index (χ3n) is 3.53. The normalized spacial score (nSPS) is 11.5. The van der Waals surface area contributed by atoms with Gasteiger partial charge in [-0.2, -0.15) is 18.4 Å². The Kier molecular flexibility index (Phi) is 6.27. The summed E-state index contributed by atoms with van der Waals surface area (Å²) < 4.78 is 65.3. The van der Waals surface area contributed by atoms with Crippen LogP contribution in [0.2, 0.25) is 0 Å². The summed E-state index contributed by atoms with van der Waals surface area (Å²) in [7, 11) is -3.69. The smallest absolute Gasteiger partial charge is 0.298 e. The monoisotopic (exact) mass is 412 g/mol. The van der Waals surface area contributed by atoms with Gasteiger partial charge in [0.1, 0.15) is 0 Å². The van der Waals surface area contributed by atoms with Crippen molar-refractivity contribution in [2.24, 2.45) is 0 Å². The summed E-state index contributed by atoms with van der Waals surface area (Å²) in [6.07, 6.45) is -4.73. The van der Waals surface area contributed by atoms with E-state index in [1.807, 2.05) is 0 Å². The van der Waals surface area contributed by atoms with Crippen LogP contribution in [0.1, 0.15) is 28.4 Å². The van der Waals surface area contributed by atoms with E-state index in [2.05, 4.69) is 15.6 Å². The molecule has 0 unspecified atom stereocenters. The van der Waals surface area contributed by atoms with E-state index in [4.69, 9.17) is 5.26 Å². The van der Waals surface area contributed by atoms with Crippen LogP contribution in [0.15, 0.2) is 47.4 Å². The van der Waals surface area contributed by atoms with Crippen molar-refractivity contribution in [3.05, 3.63) is 59.2 Å². The second kappa shape index (κ2) is 8.28. The predicted octanol–water partition coefficient (Wildman–Crippen LogP) is 2.63. The zero-order chi connectivity index (χ0) is 20.9. The average Bonchev–Trinajstić information content (AvgIpc) is 2.65. The molecule has 2 aromatic rings. The molecule has 1 amide bonds. The highest BCUT2D eigenvalue weighted by Crippen LogP contribution is 2.35. The van der Waals surface area contributed by atoms with E-state index < -0.39 is 33.4 Å². The zero-order valence-corrected chi connectivity index (χ0v) is 15.3. The van der Waals surface area contributed by atoms with Crippen molar-refractivity contribution in [1.29, 1.82) is 5.26 Å². The lowest BCUT2D eigenvalue weighted by molar-refractivity contribution is -0.137. The molecule has 0 saturated heterocycles. The molecule has 0 aliphatic rings. The van der Waals surface area contributed by atoms with Gasteiger partial charge in [-0.15, -0.1) is 0 Å². The number of carbonyl (C=O) groups excluding carboxylic acids is 1. The molecule has 7 nitrogen and oxygen atoms in total. The van der Waals surface area contributed by atoms with Crippen molar-refractivity contribution in [3.63, 3.8) is 0 Å². The van der Waals surface area contributed by atoms with Gasteiger partial charge >= 0.3 is 6.18 Å². The first-order valence-corrected chi connectivity index (χ1v) is 9.34. The Labute approximate surface area is 159 Å².